The van der Waals surface area contributed by atoms with Gasteiger partial charge in [-0.2, -0.15) is 0 Å². The Morgan fingerprint density at radius 1 is 1.20 bits per heavy atom. The standard InChI is InChI=1S/C16H26FN3/c1-3-5-9-20(10-6-4-2)12-13-7-8-14(17)11-15(13)16(18)19/h7-8,11H,3-6,9-10,12H2,1-2H3,(H3,18,19). The Kier molecular flexibility index (Phi) is 7.23. The Hall–Kier alpha value is -1.42. The summed E-state index contributed by atoms with van der Waals surface area (Å²) >= 11 is 0. The summed E-state index contributed by atoms with van der Waals surface area (Å²) in [6.45, 7) is 7.15. The van der Waals surface area contributed by atoms with Crippen molar-refractivity contribution in [3.63, 3.8) is 0 Å². The van der Waals surface area contributed by atoms with Crippen molar-refractivity contribution in [2.75, 3.05) is 13.1 Å². The van der Waals surface area contributed by atoms with Crippen molar-refractivity contribution >= 4 is 5.84 Å². The zero-order valence-corrected chi connectivity index (χ0v) is 12.6. The van der Waals surface area contributed by atoms with Gasteiger partial charge in [0.15, 0.2) is 0 Å². The first-order valence-corrected chi connectivity index (χ1v) is 7.43. The lowest BCUT2D eigenvalue weighted by Crippen LogP contribution is -2.27. The zero-order chi connectivity index (χ0) is 15.0. The number of nitrogens with one attached hydrogen (secondary N) is 1. The number of amidine groups is 1. The Morgan fingerprint density at radius 2 is 1.80 bits per heavy atom. The molecule has 3 N–H and O–H groups in total. The van der Waals surface area contributed by atoms with Crippen molar-refractivity contribution in [1.82, 2.24) is 4.90 Å². The second-order valence-electron chi connectivity index (χ2n) is 5.20. The summed E-state index contributed by atoms with van der Waals surface area (Å²) in [4.78, 5) is 2.37. The maximum atomic E-state index is 13.3. The Morgan fingerprint density at radius 3 is 2.30 bits per heavy atom. The normalized spacial score (nSPS) is 11.0. The van der Waals surface area contributed by atoms with Gasteiger partial charge in [-0.25, -0.2) is 4.39 Å². The molecule has 1 rings (SSSR count). The van der Waals surface area contributed by atoms with E-state index in [0.717, 1.165) is 50.9 Å². The molecule has 0 aromatic heterocycles. The van der Waals surface area contributed by atoms with Crippen molar-refractivity contribution in [3.8, 4) is 0 Å². The van der Waals surface area contributed by atoms with Gasteiger partial charge < -0.3 is 5.73 Å². The lowest BCUT2D eigenvalue weighted by Gasteiger charge is -2.23. The van der Waals surface area contributed by atoms with Gasteiger partial charge in [0.2, 0.25) is 0 Å². The third-order valence-corrected chi connectivity index (χ3v) is 3.41. The van der Waals surface area contributed by atoms with Gasteiger partial charge in [-0.15, -0.1) is 0 Å². The number of rotatable bonds is 9. The van der Waals surface area contributed by atoms with Crippen LogP contribution >= 0.6 is 0 Å². The SMILES string of the molecule is CCCCN(CCCC)Cc1ccc(F)cc1C(=N)N. The van der Waals surface area contributed by atoms with Gasteiger partial charge >= 0.3 is 0 Å². The molecule has 0 heterocycles. The average molecular weight is 279 g/mol. The van der Waals surface area contributed by atoms with Gasteiger partial charge in [0.05, 0.1) is 0 Å². The second kappa shape index (κ2) is 8.69. The van der Waals surface area contributed by atoms with Crippen LogP contribution in [0.15, 0.2) is 18.2 Å². The number of halogens is 1. The molecule has 0 aliphatic carbocycles. The van der Waals surface area contributed by atoms with Crippen LogP contribution in [0.2, 0.25) is 0 Å². The summed E-state index contributed by atoms with van der Waals surface area (Å²) in [5, 5.41) is 7.59. The van der Waals surface area contributed by atoms with Crippen LogP contribution in [0.4, 0.5) is 4.39 Å². The summed E-state index contributed by atoms with van der Waals surface area (Å²) in [6, 6.07) is 4.55. The van der Waals surface area contributed by atoms with E-state index in [0.29, 0.717) is 5.56 Å². The van der Waals surface area contributed by atoms with E-state index in [4.69, 9.17) is 11.1 Å². The van der Waals surface area contributed by atoms with Crippen LogP contribution in [0.5, 0.6) is 0 Å². The minimum atomic E-state index is -0.340. The van der Waals surface area contributed by atoms with Crippen molar-refractivity contribution in [2.45, 2.75) is 46.1 Å². The van der Waals surface area contributed by atoms with Gasteiger partial charge in [0.25, 0.3) is 0 Å². The molecule has 0 unspecified atom stereocenters. The Balaban J connectivity index is 2.83. The molecular weight excluding hydrogens is 253 g/mol. The monoisotopic (exact) mass is 279 g/mol. The van der Waals surface area contributed by atoms with Crippen LogP contribution in [0.1, 0.15) is 50.7 Å². The first kappa shape index (κ1) is 16.6. The van der Waals surface area contributed by atoms with E-state index in [2.05, 4.69) is 18.7 Å². The maximum absolute atomic E-state index is 13.3. The number of nitrogen functional groups attached to an aromatic ring is 1. The molecular formula is C16H26FN3. The second-order valence-corrected chi connectivity index (χ2v) is 5.20. The van der Waals surface area contributed by atoms with E-state index in [9.17, 15) is 4.39 Å². The first-order chi connectivity index (χ1) is 9.58. The molecule has 3 nitrogen and oxygen atoms in total. The number of nitrogens with zero attached hydrogens (tertiary/aromatic N) is 1. The topological polar surface area (TPSA) is 53.1 Å². The summed E-state index contributed by atoms with van der Waals surface area (Å²) < 4.78 is 13.3. The molecule has 20 heavy (non-hydrogen) atoms. The fourth-order valence-corrected chi connectivity index (χ4v) is 2.21. The molecule has 0 fully saturated rings. The Labute approximate surface area is 121 Å². The highest BCUT2D eigenvalue weighted by atomic mass is 19.1. The summed E-state index contributed by atoms with van der Waals surface area (Å²) in [6.07, 6.45) is 4.62. The highest BCUT2D eigenvalue weighted by Crippen LogP contribution is 2.14. The third kappa shape index (κ3) is 5.29. The number of unbranched alkanes of at least 4 members (excludes halogenated alkanes) is 2. The van der Waals surface area contributed by atoms with Crippen molar-refractivity contribution in [1.29, 1.82) is 5.41 Å². The van der Waals surface area contributed by atoms with Crippen molar-refractivity contribution in [2.24, 2.45) is 5.73 Å². The molecule has 1 aromatic carbocycles. The highest BCUT2D eigenvalue weighted by molar-refractivity contribution is 5.96. The van der Waals surface area contributed by atoms with Crippen LogP contribution in [-0.4, -0.2) is 23.8 Å². The molecule has 4 heteroatoms. The maximum Gasteiger partial charge on any atom is 0.123 e. The van der Waals surface area contributed by atoms with Crippen LogP contribution in [0.3, 0.4) is 0 Å². The summed E-state index contributed by atoms with van der Waals surface area (Å²) in [5.74, 6) is -0.405. The molecule has 112 valence electrons. The predicted octanol–water partition coefficient (Wildman–Crippen LogP) is 3.51. The van der Waals surface area contributed by atoms with Crippen LogP contribution in [0, 0.1) is 11.2 Å². The van der Waals surface area contributed by atoms with Crippen molar-refractivity contribution in [3.05, 3.63) is 35.1 Å². The zero-order valence-electron chi connectivity index (χ0n) is 12.6. The largest absolute Gasteiger partial charge is 0.384 e. The smallest absolute Gasteiger partial charge is 0.123 e. The fourth-order valence-electron chi connectivity index (χ4n) is 2.21. The van der Waals surface area contributed by atoms with E-state index in [-0.39, 0.29) is 11.7 Å². The predicted molar refractivity (Wildman–Crippen MR) is 82.5 cm³/mol. The van der Waals surface area contributed by atoms with E-state index in [1.807, 2.05) is 0 Å². The van der Waals surface area contributed by atoms with Gasteiger partial charge in [-0.3, -0.25) is 10.3 Å². The summed E-state index contributed by atoms with van der Waals surface area (Å²) in [5.41, 5.74) is 7.01. The number of nitrogens with two attached hydrogens (primary N) is 1. The quantitative estimate of drug-likeness (QED) is 0.537. The van der Waals surface area contributed by atoms with Crippen LogP contribution < -0.4 is 5.73 Å². The van der Waals surface area contributed by atoms with Gasteiger partial charge in [0, 0.05) is 12.1 Å². The number of hydrogen-bond donors (Lipinski definition) is 2. The van der Waals surface area contributed by atoms with E-state index in [1.165, 1.54) is 12.1 Å². The minimum Gasteiger partial charge on any atom is -0.384 e. The van der Waals surface area contributed by atoms with Crippen LogP contribution in [0.25, 0.3) is 0 Å². The molecule has 0 aliphatic rings. The molecule has 0 bridgehead atoms. The molecule has 0 spiro atoms. The number of benzene rings is 1. The molecule has 1 aromatic rings. The Bertz CT molecular complexity index is 424. The highest BCUT2D eigenvalue weighted by Gasteiger charge is 2.11. The van der Waals surface area contributed by atoms with Gasteiger partial charge in [0.1, 0.15) is 11.7 Å². The van der Waals surface area contributed by atoms with Crippen LogP contribution in [-0.2, 0) is 6.54 Å². The molecule has 0 saturated heterocycles. The van der Waals surface area contributed by atoms with Crippen molar-refractivity contribution < 1.29 is 4.39 Å². The first-order valence-electron chi connectivity index (χ1n) is 7.43. The fraction of sp³-hybridized carbons (Fsp3) is 0.562. The number of hydrogen-bond acceptors (Lipinski definition) is 2. The van der Waals surface area contributed by atoms with E-state index in [1.54, 1.807) is 6.07 Å². The average Bonchev–Trinajstić information content (AvgIpc) is 2.43. The van der Waals surface area contributed by atoms with E-state index < -0.39 is 0 Å². The molecule has 0 saturated carbocycles. The van der Waals surface area contributed by atoms with Gasteiger partial charge in [-0.05, 0) is 43.6 Å². The molecule has 0 aliphatic heterocycles. The third-order valence-electron chi connectivity index (χ3n) is 3.41. The molecule has 0 radical (unpaired) electrons. The lowest BCUT2D eigenvalue weighted by atomic mass is 10.1. The summed E-state index contributed by atoms with van der Waals surface area (Å²) in [7, 11) is 0. The lowest BCUT2D eigenvalue weighted by molar-refractivity contribution is 0.257. The minimum absolute atomic E-state index is 0.0644. The van der Waals surface area contributed by atoms with E-state index >= 15 is 0 Å². The molecule has 0 atom stereocenters. The molecule has 0 amide bonds. The van der Waals surface area contributed by atoms with Gasteiger partial charge in [-0.1, -0.05) is 32.8 Å².